The lowest BCUT2D eigenvalue weighted by Crippen LogP contribution is -1.96. The lowest BCUT2D eigenvalue weighted by molar-refractivity contribution is -0.494. The zero-order chi connectivity index (χ0) is 4.69. The lowest BCUT2D eigenvalue weighted by atomic mass is 10.7. The van der Waals surface area contributed by atoms with Gasteiger partial charge in [-0.25, -0.2) is 0 Å². The third-order valence-electron chi connectivity index (χ3n) is 0.750. The van der Waals surface area contributed by atoms with Crippen LogP contribution < -0.4 is 0 Å². The van der Waals surface area contributed by atoms with Crippen LogP contribution in [0.4, 0.5) is 0 Å². The van der Waals surface area contributed by atoms with E-state index in [4.69, 9.17) is 0 Å². The first kappa shape index (κ1) is 3.77. The van der Waals surface area contributed by atoms with Crippen LogP contribution in [-0.2, 0) is 14.8 Å². The summed E-state index contributed by atoms with van der Waals surface area (Å²) in [5, 5.41) is 5.01. The van der Waals surface area contributed by atoms with Crippen molar-refractivity contribution in [1.29, 1.82) is 0 Å². The van der Waals surface area contributed by atoms with Gasteiger partial charge in [0.25, 0.3) is 0 Å². The highest BCUT2D eigenvalue weighted by Crippen LogP contribution is 2.47. The Morgan fingerprint density at radius 3 is 3.14 bits per heavy atom. The predicted octanol–water partition coefficient (Wildman–Crippen LogP) is 0.796. The molecule has 38 valence electrons. The summed E-state index contributed by atoms with van der Waals surface area (Å²) < 4.78 is 0. The van der Waals surface area contributed by atoms with Crippen LogP contribution in [0.3, 0.4) is 0 Å². The Kier molecular flexibility index (Phi) is 0.619. The molecule has 0 N–H and O–H groups in total. The largest absolute Gasteiger partial charge is 0.300 e. The average Bonchev–Trinajstić information content (AvgIpc) is 2.41. The van der Waals surface area contributed by atoms with Crippen LogP contribution >= 0.6 is 11.8 Å². The molecule has 0 aromatic heterocycles. The van der Waals surface area contributed by atoms with Gasteiger partial charge < -0.3 is 0 Å². The molecule has 0 saturated heterocycles. The Morgan fingerprint density at radius 2 is 2.57 bits per heavy atom. The lowest BCUT2D eigenvalue weighted by Gasteiger charge is -1.97. The van der Waals surface area contributed by atoms with Crippen LogP contribution in [-0.4, -0.2) is 6.61 Å². The summed E-state index contributed by atoms with van der Waals surface area (Å²) >= 11 is 1.56. The van der Waals surface area contributed by atoms with Crippen molar-refractivity contribution in [2.45, 2.75) is 0 Å². The van der Waals surface area contributed by atoms with Crippen LogP contribution in [0.25, 0.3) is 0 Å². The first-order valence-corrected chi connectivity index (χ1v) is 2.65. The fraction of sp³-hybridized carbons (Fsp3) is 0.333. The van der Waals surface area contributed by atoms with E-state index in [1.54, 1.807) is 11.8 Å². The van der Waals surface area contributed by atoms with Gasteiger partial charge in [-0.2, -0.15) is 4.89 Å². The van der Waals surface area contributed by atoms with E-state index in [-0.39, 0.29) is 0 Å². The Balaban J connectivity index is 2.15. The van der Waals surface area contributed by atoms with Crippen molar-refractivity contribution >= 4 is 11.8 Å². The SMILES string of the molecule is C1OOOC2=C1S2. The standard InChI is InChI=1S/C3H2O3S/c1-2-3(7-2)5-6-4-1/h1H2. The molecule has 0 fully saturated rings. The molecule has 3 nitrogen and oxygen atoms in total. The summed E-state index contributed by atoms with van der Waals surface area (Å²) in [6.07, 6.45) is 0. The van der Waals surface area contributed by atoms with Gasteiger partial charge in [0.2, 0.25) is 5.09 Å². The highest BCUT2D eigenvalue weighted by atomic mass is 32.2. The van der Waals surface area contributed by atoms with E-state index in [0.717, 1.165) is 10.00 Å². The van der Waals surface area contributed by atoms with E-state index < -0.39 is 0 Å². The smallest absolute Gasteiger partial charge is 0.219 e. The Labute approximate surface area is 44.1 Å². The minimum absolute atomic E-state index is 0.556. The zero-order valence-electron chi connectivity index (χ0n) is 3.34. The fourth-order valence-corrected chi connectivity index (χ4v) is 0.805. The van der Waals surface area contributed by atoms with Crippen molar-refractivity contribution in [3.8, 4) is 0 Å². The van der Waals surface area contributed by atoms with Gasteiger partial charge in [-0.15, -0.1) is 0 Å². The highest BCUT2D eigenvalue weighted by Gasteiger charge is 2.31. The molecule has 0 bridgehead atoms. The molecule has 0 amide bonds. The van der Waals surface area contributed by atoms with E-state index in [0.29, 0.717) is 6.61 Å². The van der Waals surface area contributed by atoms with Crippen molar-refractivity contribution in [3.63, 3.8) is 0 Å². The van der Waals surface area contributed by atoms with Crippen molar-refractivity contribution in [1.82, 2.24) is 0 Å². The summed E-state index contributed by atoms with van der Waals surface area (Å²) in [5.74, 6) is 0. The van der Waals surface area contributed by atoms with Gasteiger partial charge in [0.15, 0.2) is 0 Å². The van der Waals surface area contributed by atoms with Gasteiger partial charge in [-0.05, 0) is 16.8 Å². The van der Waals surface area contributed by atoms with Gasteiger partial charge in [0, 0.05) is 0 Å². The fourth-order valence-electron chi connectivity index (χ4n) is 0.371. The highest BCUT2D eigenvalue weighted by molar-refractivity contribution is 8.13. The van der Waals surface area contributed by atoms with E-state index in [1.165, 1.54) is 0 Å². The maximum atomic E-state index is 4.47. The molecule has 0 unspecified atom stereocenters. The zero-order valence-corrected chi connectivity index (χ0v) is 4.16. The minimum Gasteiger partial charge on any atom is -0.300 e. The van der Waals surface area contributed by atoms with E-state index >= 15 is 0 Å². The van der Waals surface area contributed by atoms with Crippen LogP contribution in [0.15, 0.2) is 10.00 Å². The average molecular weight is 118 g/mol. The van der Waals surface area contributed by atoms with Crippen LogP contribution in [0.5, 0.6) is 0 Å². The second-order valence-electron chi connectivity index (χ2n) is 1.23. The van der Waals surface area contributed by atoms with Crippen molar-refractivity contribution in [2.75, 3.05) is 6.61 Å². The molecule has 0 radical (unpaired) electrons. The van der Waals surface area contributed by atoms with Gasteiger partial charge in [0.1, 0.15) is 6.61 Å². The Hall–Kier alpha value is -0.190. The second-order valence-corrected chi connectivity index (χ2v) is 2.29. The molecule has 2 aliphatic rings. The summed E-state index contributed by atoms with van der Waals surface area (Å²) in [7, 11) is 0. The normalized spacial score (nSPS) is 26.3. The Bertz CT molecular complexity index is 116. The number of hydrogen-bond acceptors (Lipinski definition) is 4. The summed E-state index contributed by atoms with van der Waals surface area (Å²) in [6, 6.07) is 0. The molecule has 0 aromatic carbocycles. The topological polar surface area (TPSA) is 27.7 Å². The van der Waals surface area contributed by atoms with Crippen molar-refractivity contribution in [3.05, 3.63) is 10.00 Å². The maximum Gasteiger partial charge on any atom is 0.219 e. The van der Waals surface area contributed by atoms with Gasteiger partial charge in [-0.3, -0.25) is 4.89 Å². The molecule has 7 heavy (non-hydrogen) atoms. The molecule has 0 atom stereocenters. The number of hydrogen-bond donors (Lipinski definition) is 0. The number of rotatable bonds is 0. The van der Waals surface area contributed by atoms with Crippen LogP contribution in [0.2, 0.25) is 0 Å². The monoisotopic (exact) mass is 118 g/mol. The van der Waals surface area contributed by atoms with Crippen LogP contribution in [0.1, 0.15) is 0 Å². The van der Waals surface area contributed by atoms with E-state index in [2.05, 4.69) is 14.8 Å². The molecular weight excluding hydrogens is 116 g/mol. The van der Waals surface area contributed by atoms with Gasteiger partial charge in [-0.1, -0.05) is 0 Å². The predicted molar refractivity (Wildman–Crippen MR) is 22.7 cm³/mol. The number of thioether (sulfide) groups is 1. The van der Waals surface area contributed by atoms with Crippen molar-refractivity contribution < 1.29 is 14.8 Å². The molecule has 2 heterocycles. The molecule has 2 rings (SSSR count). The molecule has 4 heteroatoms. The van der Waals surface area contributed by atoms with Crippen molar-refractivity contribution in [2.24, 2.45) is 0 Å². The third-order valence-corrected chi connectivity index (χ3v) is 1.60. The van der Waals surface area contributed by atoms with Gasteiger partial charge in [0.05, 0.1) is 4.91 Å². The first-order valence-electron chi connectivity index (χ1n) is 1.84. The maximum absolute atomic E-state index is 4.47. The molecular formula is C3H2O3S. The molecule has 0 saturated carbocycles. The second kappa shape index (κ2) is 1.15. The molecule has 0 aliphatic carbocycles. The third kappa shape index (κ3) is 0.514. The summed E-state index contributed by atoms with van der Waals surface area (Å²) in [5.41, 5.74) is 0. The summed E-state index contributed by atoms with van der Waals surface area (Å²) in [4.78, 5) is 10.0. The molecule has 0 aromatic rings. The van der Waals surface area contributed by atoms with E-state index in [9.17, 15) is 0 Å². The quantitative estimate of drug-likeness (QED) is 0.439. The minimum atomic E-state index is 0.556. The molecule has 0 spiro atoms. The van der Waals surface area contributed by atoms with Gasteiger partial charge >= 0.3 is 0 Å². The summed E-state index contributed by atoms with van der Waals surface area (Å²) in [6.45, 7) is 0.556. The first-order chi connectivity index (χ1) is 3.47. The van der Waals surface area contributed by atoms with Crippen LogP contribution in [0, 0.1) is 0 Å². The Morgan fingerprint density at radius 1 is 1.57 bits per heavy atom. The van der Waals surface area contributed by atoms with E-state index in [1.807, 2.05) is 0 Å². The molecule has 2 aliphatic heterocycles.